The lowest BCUT2D eigenvalue weighted by Crippen LogP contribution is -2.41. The van der Waals surface area contributed by atoms with Crippen molar-refractivity contribution in [3.05, 3.63) is 71.3 Å². The Kier molecular flexibility index (Phi) is 6.07. The van der Waals surface area contributed by atoms with Crippen LogP contribution in [0.15, 0.2) is 54.6 Å². The number of rotatable bonds is 5. The van der Waals surface area contributed by atoms with Crippen LogP contribution in [-0.2, 0) is 13.0 Å². The van der Waals surface area contributed by atoms with Gasteiger partial charge in [-0.05, 0) is 42.4 Å². The molecular formula is C21H26N2O2. The number of carbonyl (C=O) groups is 1. The van der Waals surface area contributed by atoms with E-state index in [0.717, 1.165) is 31.4 Å². The van der Waals surface area contributed by atoms with E-state index in [2.05, 4.69) is 23.5 Å². The van der Waals surface area contributed by atoms with Gasteiger partial charge in [-0.15, -0.1) is 0 Å². The van der Waals surface area contributed by atoms with Gasteiger partial charge in [0.25, 0.3) is 0 Å². The van der Waals surface area contributed by atoms with Crippen LogP contribution in [0.5, 0.6) is 0 Å². The van der Waals surface area contributed by atoms with E-state index < -0.39 is 0 Å². The van der Waals surface area contributed by atoms with Crippen LogP contribution >= 0.6 is 0 Å². The van der Waals surface area contributed by atoms with Gasteiger partial charge in [0.2, 0.25) is 0 Å². The summed E-state index contributed by atoms with van der Waals surface area (Å²) in [6, 6.07) is 18.3. The van der Waals surface area contributed by atoms with Crippen LogP contribution < -0.4 is 5.32 Å². The van der Waals surface area contributed by atoms with E-state index in [1.54, 1.807) is 0 Å². The third kappa shape index (κ3) is 4.60. The van der Waals surface area contributed by atoms with Crippen molar-refractivity contribution in [2.24, 2.45) is 0 Å². The van der Waals surface area contributed by atoms with Gasteiger partial charge in [-0.1, -0.05) is 54.6 Å². The molecule has 132 valence electrons. The van der Waals surface area contributed by atoms with E-state index in [4.69, 9.17) is 5.11 Å². The Bertz CT molecular complexity index is 687. The average Bonchev–Trinajstić information content (AvgIpc) is 2.88. The maximum absolute atomic E-state index is 12.9. The SMILES string of the molecule is O=C(NC(CCCO)c1ccccc1)N1CCCc2ccccc2C1. The molecule has 0 saturated carbocycles. The van der Waals surface area contributed by atoms with Gasteiger partial charge in [0, 0.05) is 19.7 Å². The summed E-state index contributed by atoms with van der Waals surface area (Å²) in [5.74, 6) is 0. The van der Waals surface area contributed by atoms with Crippen molar-refractivity contribution in [2.75, 3.05) is 13.2 Å². The molecule has 4 nitrogen and oxygen atoms in total. The number of nitrogens with zero attached hydrogens (tertiary/aromatic N) is 1. The summed E-state index contributed by atoms with van der Waals surface area (Å²) < 4.78 is 0. The third-order valence-electron chi connectivity index (χ3n) is 4.79. The number of aryl methyl sites for hydroxylation is 1. The second-order valence-electron chi connectivity index (χ2n) is 6.57. The van der Waals surface area contributed by atoms with Crippen molar-refractivity contribution in [3.8, 4) is 0 Å². The molecule has 0 bridgehead atoms. The summed E-state index contributed by atoms with van der Waals surface area (Å²) in [6.45, 7) is 1.56. The molecule has 0 spiro atoms. The van der Waals surface area contributed by atoms with E-state index in [0.29, 0.717) is 13.0 Å². The average molecular weight is 338 g/mol. The van der Waals surface area contributed by atoms with Crippen molar-refractivity contribution in [1.82, 2.24) is 10.2 Å². The lowest BCUT2D eigenvalue weighted by atomic mass is 10.0. The summed E-state index contributed by atoms with van der Waals surface area (Å²) in [7, 11) is 0. The van der Waals surface area contributed by atoms with Gasteiger partial charge in [-0.2, -0.15) is 0 Å². The smallest absolute Gasteiger partial charge is 0.318 e. The van der Waals surface area contributed by atoms with Gasteiger partial charge in [0.15, 0.2) is 0 Å². The molecule has 3 rings (SSSR count). The zero-order chi connectivity index (χ0) is 17.5. The first kappa shape index (κ1) is 17.5. The lowest BCUT2D eigenvalue weighted by Gasteiger charge is -2.26. The van der Waals surface area contributed by atoms with Crippen molar-refractivity contribution >= 4 is 6.03 Å². The molecule has 0 saturated heterocycles. The summed E-state index contributed by atoms with van der Waals surface area (Å²) in [4.78, 5) is 14.8. The minimum absolute atomic E-state index is 0.0245. The first-order valence-corrected chi connectivity index (χ1v) is 9.06. The van der Waals surface area contributed by atoms with Gasteiger partial charge in [0.1, 0.15) is 0 Å². The maximum atomic E-state index is 12.9. The fourth-order valence-corrected chi connectivity index (χ4v) is 3.42. The third-order valence-corrected chi connectivity index (χ3v) is 4.79. The fourth-order valence-electron chi connectivity index (χ4n) is 3.42. The molecule has 25 heavy (non-hydrogen) atoms. The molecule has 0 radical (unpaired) electrons. The summed E-state index contributed by atoms with van der Waals surface area (Å²) in [5.41, 5.74) is 3.67. The molecule has 4 heteroatoms. The summed E-state index contributed by atoms with van der Waals surface area (Å²) in [5, 5.41) is 12.3. The zero-order valence-corrected chi connectivity index (χ0v) is 14.5. The molecule has 2 amide bonds. The molecule has 1 unspecified atom stereocenters. The van der Waals surface area contributed by atoms with Crippen LogP contribution in [0, 0.1) is 0 Å². The number of fused-ring (bicyclic) bond motifs is 1. The molecule has 2 N–H and O–H groups in total. The van der Waals surface area contributed by atoms with Gasteiger partial charge >= 0.3 is 6.03 Å². The highest BCUT2D eigenvalue weighted by molar-refractivity contribution is 5.75. The fraction of sp³-hybridized carbons (Fsp3) is 0.381. The highest BCUT2D eigenvalue weighted by atomic mass is 16.3. The topological polar surface area (TPSA) is 52.6 Å². The predicted octanol–water partition coefficient (Wildman–Crippen LogP) is 3.66. The molecule has 2 aromatic carbocycles. The van der Waals surface area contributed by atoms with Gasteiger partial charge in [-0.25, -0.2) is 4.79 Å². The Morgan fingerprint density at radius 3 is 2.56 bits per heavy atom. The largest absolute Gasteiger partial charge is 0.396 e. The van der Waals surface area contributed by atoms with Gasteiger partial charge in [-0.3, -0.25) is 0 Å². The van der Waals surface area contributed by atoms with Crippen LogP contribution in [0.4, 0.5) is 4.79 Å². The molecule has 1 atom stereocenters. The standard InChI is InChI=1S/C21H26N2O2/c24-15-7-13-20(18-9-2-1-3-10-18)22-21(25)23-14-6-12-17-8-4-5-11-19(17)16-23/h1-5,8-11,20,24H,6-7,12-16H2,(H,22,25). The number of nitrogens with one attached hydrogen (secondary N) is 1. The van der Waals surface area contributed by atoms with Crippen molar-refractivity contribution in [2.45, 2.75) is 38.3 Å². The number of urea groups is 1. The number of hydrogen-bond acceptors (Lipinski definition) is 2. The highest BCUT2D eigenvalue weighted by Crippen LogP contribution is 2.21. The molecule has 0 aliphatic carbocycles. The lowest BCUT2D eigenvalue weighted by molar-refractivity contribution is 0.189. The van der Waals surface area contributed by atoms with Crippen LogP contribution in [-0.4, -0.2) is 29.2 Å². The van der Waals surface area contributed by atoms with E-state index >= 15 is 0 Å². The number of amides is 2. The number of carbonyl (C=O) groups excluding carboxylic acids is 1. The van der Waals surface area contributed by atoms with E-state index in [9.17, 15) is 4.79 Å². The number of aliphatic hydroxyl groups excluding tert-OH is 1. The first-order valence-electron chi connectivity index (χ1n) is 9.06. The first-order chi connectivity index (χ1) is 12.3. The molecule has 0 fully saturated rings. The Balaban J connectivity index is 1.70. The minimum atomic E-state index is -0.0700. The van der Waals surface area contributed by atoms with Gasteiger partial charge in [0.05, 0.1) is 6.04 Å². The van der Waals surface area contributed by atoms with E-state index in [-0.39, 0.29) is 18.7 Å². The molecule has 1 aliphatic heterocycles. The monoisotopic (exact) mass is 338 g/mol. The van der Waals surface area contributed by atoms with E-state index in [1.165, 1.54) is 11.1 Å². The summed E-state index contributed by atoms with van der Waals surface area (Å²) >= 11 is 0. The van der Waals surface area contributed by atoms with Gasteiger partial charge < -0.3 is 15.3 Å². The summed E-state index contributed by atoms with van der Waals surface area (Å²) in [6.07, 6.45) is 3.41. The molecule has 2 aromatic rings. The number of hydrogen-bond donors (Lipinski definition) is 2. The Morgan fingerprint density at radius 1 is 1.08 bits per heavy atom. The molecule has 1 aliphatic rings. The normalized spacial score (nSPS) is 15.2. The maximum Gasteiger partial charge on any atom is 0.318 e. The van der Waals surface area contributed by atoms with Crippen molar-refractivity contribution in [1.29, 1.82) is 0 Å². The van der Waals surface area contributed by atoms with Crippen molar-refractivity contribution < 1.29 is 9.90 Å². The van der Waals surface area contributed by atoms with Crippen LogP contribution in [0.2, 0.25) is 0 Å². The Morgan fingerprint density at radius 2 is 1.80 bits per heavy atom. The van der Waals surface area contributed by atoms with Crippen LogP contribution in [0.25, 0.3) is 0 Å². The predicted molar refractivity (Wildman–Crippen MR) is 99.2 cm³/mol. The van der Waals surface area contributed by atoms with Crippen LogP contribution in [0.3, 0.4) is 0 Å². The molecular weight excluding hydrogens is 312 g/mol. The molecule has 0 aromatic heterocycles. The second-order valence-corrected chi connectivity index (χ2v) is 6.57. The number of benzene rings is 2. The van der Waals surface area contributed by atoms with E-state index in [1.807, 2.05) is 41.3 Å². The Labute approximate surface area is 149 Å². The van der Waals surface area contributed by atoms with Crippen molar-refractivity contribution in [3.63, 3.8) is 0 Å². The quantitative estimate of drug-likeness (QED) is 0.874. The minimum Gasteiger partial charge on any atom is -0.396 e. The molecule has 1 heterocycles. The highest BCUT2D eigenvalue weighted by Gasteiger charge is 2.21. The second kappa shape index (κ2) is 8.67. The van der Waals surface area contributed by atoms with Crippen LogP contribution in [0.1, 0.15) is 42.0 Å². The zero-order valence-electron chi connectivity index (χ0n) is 14.5. The number of aliphatic hydroxyl groups is 1. The Hall–Kier alpha value is -2.33.